The number of Topliss-reactive ketones (excluding diaryl/α,β-unsaturated/α-hetero) is 2. The predicted octanol–water partition coefficient (Wildman–Crippen LogP) is 5.62. The first-order valence-electron chi connectivity index (χ1n) is 13.6. The average Bonchev–Trinajstić information content (AvgIpc) is 3.29. The number of rotatable bonds is 11. The van der Waals surface area contributed by atoms with Crippen molar-refractivity contribution < 1.29 is 24.0 Å². The molecule has 0 radical (unpaired) electrons. The number of fused-ring (bicyclic) bond motifs is 3. The van der Waals surface area contributed by atoms with Crippen LogP contribution in [0.15, 0.2) is 41.6 Å². The Balaban J connectivity index is 1.53. The van der Waals surface area contributed by atoms with E-state index < -0.39 is 11.5 Å². The van der Waals surface area contributed by atoms with Crippen molar-refractivity contribution in [3.8, 4) is 11.1 Å². The van der Waals surface area contributed by atoms with Crippen molar-refractivity contribution in [2.75, 3.05) is 26.3 Å². The Morgan fingerprint density at radius 1 is 0.947 bits per heavy atom. The Morgan fingerprint density at radius 3 is 2.21 bits per heavy atom. The van der Waals surface area contributed by atoms with Gasteiger partial charge in [0.1, 0.15) is 5.71 Å². The molecule has 1 heterocycles. The summed E-state index contributed by atoms with van der Waals surface area (Å²) in [4.78, 5) is 45.2. The van der Waals surface area contributed by atoms with E-state index in [9.17, 15) is 14.4 Å². The summed E-state index contributed by atoms with van der Waals surface area (Å²) in [7, 11) is 0. The lowest BCUT2D eigenvalue weighted by atomic mass is 9.89. The normalized spacial score (nSPS) is 15.6. The van der Waals surface area contributed by atoms with E-state index in [0.717, 1.165) is 61.0 Å². The van der Waals surface area contributed by atoms with E-state index in [1.807, 2.05) is 50.2 Å². The summed E-state index contributed by atoms with van der Waals surface area (Å²) in [5.74, 6) is -0.663. The molecule has 2 aromatic carbocycles. The molecule has 0 N–H and O–H groups in total. The molecule has 4 rings (SSSR count). The summed E-state index contributed by atoms with van der Waals surface area (Å²) in [5.41, 5.74) is 5.18. The maximum atomic E-state index is 13.5. The Hall–Kier alpha value is -3.16. The highest BCUT2D eigenvalue weighted by molar-refractivity contribution is 6.46. The monoisotopic (exact) mass is 518 g/mol. The second-order valence-electron chi connectivity index (χ2n) is 10.7. The first kappa shape index (κ1) is 27.9. The zero-order chi connectivity index (χ0) is 27.3. The van der Waals surface area contributed by atoms with E-state index in [2.05, 4.69) is 17.0 Å². The van der Waals surface area contributed by atoms with Crippen molar-refractivity contribution in [3.63, 3.8) is 0 Å². The summed E-state index contributed by atoms with van der Waals surface area (Å²) in [6.45, 7) is 10.1. The van der Waals surface area contributed by atoms with Crippen LogP contribution in [0.25, 0.3) is 11.1 Å². The standard InChI is InChI=1S/C31H38N2O5/c1-5-6-7-8-9-28(32-38-21(2)34)29(35)22-10-12-26-24(18-22)20-25-19-23(11-13-27(25)26)30(36)31(3,4)33-14-16-37-17-15-33/h10-13,18-19H,5-9,14-17,20H2,1-4H3/b32-28+. The molecular formula is C31H38N2O5. The van der Waals surface area contributed by atoms with Crippen molar-refractivity contribution in [2.24, 2.45) is 5.16 Å². The number of nitrogens with zero attached hydrogens (tertiary/aromatic N) is 2. The zero-order valence-corrected chi connectivity index (χ0v) is 23.0. The summed E-state index contributed by atoms with van der Waals surface area (Å²) in [5, 5.41) is 3.89. The Kier molecular flexibility index (Phi) is 8.90. The van der Waals surface area contributed by atoms with E-state index in [0.29, 0.717) is 37.2 Å². The van der Waals surface area contributed by atoms with Crippen LogP contribution in [0.3, 0.4) is 0 Å². The van der Waals surface area contributed by atoms with Crippen molar-refractivity contribution in [1.29, 1.82) is 0 Å². The number of unbranched alkanes of at least 4 members (excludes halogenated alkanes) is 3. The lowest BCUT2D eigenvalue weighted by molar-refractivity contribution is -0.140. The van der Waals surface area contributed by atoms with Crippen LogP contribution in [0.5, 0.6) is 0 Å². The number of carbonyl (C=O) groups is 3. The Labute approximate surface area is 225 Å². The summed E-state index contributed by atoms with van der Waals surface area (Å²) < 4.78 is 5.46. The van der Waals surface area contributed by atoms with Crippen molar-refractivity contribution in [2.45, 2.75) is 71.8 Å². The molecule has 1 aliphatic carbocycles. The molecule has 0 atom stereocenters. The van der Waals surface area contributed by atoms with Gasteiger partial charge in [0, 0.05) is 31.1 Å². The molecule has 1 fully saturated rings. The van der Waals surface area contributed by atoms with Gasteiger partial charge in [0.05, 0.1) is 18.8 Å². The number of ketones is 2. The maximum Gasteiger partial charge on any atom is 0.331 e. The van der Waals surface area contributed by atoms with Crippen LogP contribution in [0, 0.1) is 0 Å². The quantitative estimate of drug-likeness (QED) is 0.108. The van der Waals surface area contributed by atoms with Crippen molar-refractivity contribution in [1.82, 2.24) is 4.90 Å². The highest BCUT2D eigenvalue weighted by Gasteiger charge is 2.36. The number of hydrogen-bond donors (Lipinski definition) is 0. The van der Waals surface area contributed by atoms with Gasteiger partial charge < -0.3 is 9.57 Å². The van der Waals surface area contributed by atoms with E-state index in [4.69, 9.17) is 9.57 Å². The fraction of sp³-hybridized carbons (Fsp3) is 0.484. The largest absolute Gasteiger partial charge is 0.379 e. The lowest BCUT2D eigenvalue weighted by Crippen LogP contribution is -2.54. The maximum absolute atomic E-state index is 13.5. The molecule has 7 nitrogen and oxygen atoms in total. The third-order valence-corrected chi connectivity index (χ3v) is 7.58. The van der Waals surface area contributed by atoms with Gasteiger partial charge in [-0.25, -0.2) is 4.79 Å². The molecule has 2 aromatic rings. The minimum Gasteiger partial charge on any atom is -0.379 e. The zero-order valence-electron chi connectivity index (χ0n) is 23.0. The molecule has 2 aliphatic rings. The number of carbonyl (C=O) groups excluding carboxylic acids is 3. The topological polar surface area (TPSA) is 85.3 Å². The predicted molar refractivity (Wildman–Crippen MR) is 148 cm³/mol. The molecule has 7 heteroatoms. The molecule has 0 aromatic heterocycles. The fourth-order valence-corrected chi connectivity index (χ4v) is 5.32. The summed E-state index contributed by atoms with van der Waals surface area (Å²) in [6.07, 6.45) is 5.10. The second-order valence-corrected chi connectivity index (χ2v) is 10.7. The van der Waals surface area contributed by atoms with Gasteiger partial charge in [0.15, 0.2) is 5.78 Å². The summed E-state index contributed by atoms with van der Waals surface area (Å²) in [6, 6.07) is 11.6. The van der Waals surface area contributed by atoms with Crippen LogP contribution in [0.2, 0.25) is 0 Å². The van der Waals surface area contributed by atoms with Gasteiger partial charge in [-0.3, -0.25) is 14.5 Å². The van der Waals surface area contributed by atoms with E-state index >= 15 is 0 Å². The van der Waals surface area contributed by atoms with Gasteiger partial charge >= 0.3 is 5.97 Å². The van der Waals surface area contributed by atoms with Gasteiger partial charge in [-0.15, -0.1) is 0 Å². The van der Waals surface area contributed by atoms with Crippen LogP contribution in [-0.4, -0.2) is 60.0 Å². The van der Waals surface area contributed by atoms with Crippen molar-refractivity contribution >= 4 is 23.2 Å². The number of ether oxygens (including phenoxy) is 1. The van der Waals surface area contributed by atoms with Gasteiger partial charge in [-0.05, 0) is 67.5 Å². The SMILES string of the molecule is CCCCCC/C(=N\OC(C)=O)C(=O)c1ccc2c(c1)Cc1cc(C(=O)C(C)(C)N3CCOCC3)ccc1-2. The molecular weight excluding hydrogens is 480 g/mol. The Bertz CT molecular complexity index is 1240. The third-order valence-electron chi connectivity index (χ3n) is 7.58. The van der Waals surface area contributed by atoms with E-state index in [1.165, 1.54) is 6.92 Å². The van der Waals surface area contributed by atoms with Crippen LogP contribution >= 0.6 is 0 Å². The number of benzene rings is 2. The highest BCUT2D eigenvalue weighted by atomic mass is 16.7. The molecule has 0 spiro atoms. The molecule has 38 heavy (non-hydrogen) atoms. The number of morpholine rings is 1. The number of oxime groups is 1. The first-order chi connectivity index (χ1) is 18.2. The van der Waals surface area contributed by atoms with Gasteiger partial charge in [-0.2, -0.15) is 0 Å². The summed E-state index contributed by atoms with van der Waals surface area (Å²) >= 11 is 0. The van der Waals surface area contributed by atoms with Crippen molar-refractivity contribution in [3.05, 3.63) is 58.7 Å². The third kappa shape index (κ3) is 6.11. The minimum atomic E-state index is -0.613. The Morgan fingerprint density at radius 2 is 1.58 bits per heavy atom. The molecule has 0 amide bonds. The first-order valence-corrected chi connectivity index (χ1v) is 13.6. The second kappa shape index (κ2) is 12.1. The van der Waals surface area contributed by atoms with Gasteiger partial charge in [-0.1, -0.05) is 55.6 Å². The van der Waals surface area contributed by atoms with Crippen LogP contribution in [0.4, 0.5) is 0 Å². The molecule has 0 bridgehead atoms. The van der Waals surface area contributed by atoms with E-state index in [-0.39, 0.29) is 17.3 Å². The minimum absolute atomic E-state index is 0.100. The molecule has 0 saturated carbocycles. The molecule has 1 aliphatic heterocycles. The average molecular weight is 519 g/mol. The van der Waals surface area contributed by atoms with Crippen LogP contribution < -0.4 is 0 Å². The van der Waals surface area contributed by atoms with E-state index in [1.54, 1.807) is 0 Å². The smallest absolute Gasteiger partial charge is 0.331 e. The molecule has 1 saturated heterocycles. The highest BCUT2D eigenvalue weighted by Crippen LogP contribution is 2.38. The van der Waals surface area contributed by atoms with Crippen LogP contribution in [0.1, 0.15) is 91.6 Å². The molecule has 0 unspecified atom stereocenters. The fourth-order valence-electron chi connectivity index (χ4n) is 5.32. The van der Waals surface area contributed by atoms with Gasteiger partial charge in [0.25, 0.3) is 0 Å². The number of hydrogen-bond acceptors (Lipinski definition) is 7. The van der Waals surface area contributed by atoms with Gasteiger partial charge in [0.2, 0.25) is 5.78 Å². The lowest BCUT2D eigenvalue weighted by Gasteiger charge is -2.39. The van der Waals surface area contributed by atoms with Crippen LogP contribution in [-0.2, 0) is 20.8 Å². The molecule has 202 valence electrons.